The molecule has 0 aliphatic rings. The lowest BCUT2D eigenvalue weighted by molar-refractivity contribution is 0.881. The van der Waals surface area contributed by atoms with Crippen LogP contribution in [0.25, 0.3) is 0 Å². The Morgan fingerprint density at radius 3 is 2.73 bits per heavy atom. The number of nitrogens with two attached hydrogens (primary N) is 3. The molecule has 80 valence electrons. The zero-order valence-electron chi connectivity index (χ0n) is 7.49. The van der Waals surface area contributed by atoms with Gasteiger partial charge in [-0.05, 0) is 5.21 Å². The first kappa shape index (κ1) is 10.4. The maximum atomic E-state index is 7.27. The van der Waals surface area contributed by atoms with Gasteiger partial charge in [0, 0.05) is 0 Å². The molecule has 0 unspecified atom stereocenters. The summed E-state index contributed by atoms with van der Waals surface area (Å²) < 4.78 is 0. The van der Waals surface area contributed by atoms with Gasteiger partial charge in [0.1, 0.15) is 0 Å². The number of anilines is 1. The number of aliphatic imine (C=N–C) groups is 1. The Hall–Kier alpha value is -2.72. The molecular formula is C4H9N11. The third kappa shape index (κ3) is 2.15. The summed E-state index contributed by atoms with van der Waals surface area (Å²) in [6.45, 7) is 0. The first-order valence-corrected chi connectivity index (χ1v) is 3.60. The minimum absolute atomic E-state index is 0.0164. The van der Waals surface area contributed by atoms with Crippen LogP contribution in [0.2, 0.25) is 0 Å². The van der Waals surface area contributed by atoms with Gasteiger partial charge in [-0.2, -0.15) is 5.21 Å². The molecule has 11 heteroatoms. The molecule has 0 aliphatic carbocycles. The molecule has 0 saturated heterocycles. The van der Waals surface area contributed by atoms with E-state index in [1.165, 1.54) is 0 Å². The quantitative estimate of drug-likeness (QED) is 0.143. The largest absolute Gasteiger partial charge is 0.390 e. The summed E-state index contributed by atoms with van der Waals surface area (Å²) in [5.74, 6) is 4.47. The number of tetrazole rings is 1. The number of guanidine groups is 2. The van der Waals surface area contributed by atoms with Crippen molar-refractivity contribution in [1.29, 1.82) is 5.41 Å². The summed E-state index contributed by atoms with van der Waals surface area (Å²) in [6, 6.07) is 0. The van der Waals surface area contributed by atoms with Crippen LogP contribution in [0.4, 0.5) is 5.95 Å². The summed E-state index contributed by atoms with van der Waals surface area (Å²) in [5.41, 5.74) is 10.3. The standard InChI is InChI=1S/C4H9N11/c5-1-9-3(10-8)15(2(6)7)4-11-13-14-12-4/h1H,8H2,(H3,6,7)(H2,5,9,10)(H,11,12,13,14). The van der Waals surface area contributed by atoms with E-state index in [2.05, 4.69) is 30.7 Å². The Labute approximate surface area is 83.5 Å². The van der Waals surface area contributed by atoms with Crippen LogP contribution in [0, 0.1) is 5.41 Å². The topological polar surface area (TPSA) is 184 Å². The number of aromatic nitrogens is 4. The van der Waals surface area contributed by atoms with Gasteiger partial charge < -0.3 is 17.3 Å². The molecule has 1 heterocycles. The maximum Gasteiger partial charge on any atom is 0.279 e. The fraction of sp³-hybridized carbons (Fsp3) is 0. The minimum Gasteiger partial charge on any atom is -0.390 e. The van der Waals surface area contributed by atoms with Crippen molar-refractivity contribution in [2.75, 3.05) is 4.90 Å². The number of hydrazone groups is 1. The van der Waals surface area contributed by atoms with Crippen LogP contribution in [-0.2, 0) is 0 Å². The van der Waals surface area contributed by atoms with Gasteiger partial charge in [-0.3, -0.25) is 5.41 Å². The summed E-state index contributed by atoms with van der Waals surface area (Å²) in [4.78, 5) is 4.53. The van der Waals surface area contributed by atoms with Gasteiger partial charge >= 0.3 is 0 Å². The van der Waals surface area contributed by atoms with Gasteiger partial charge in [0.2, 0.25) is 5.96 Å². The van der Waals surface area contributed by atoms with Gasteiger partial charge in [-0.1, -0.05) is 5.10 Å². The Morgan fingerprint density at radius 2 is 2.33 bits per heavy atom. The van der Waals surface area contributed by atoms with Crippen LogP contribution in [0.15, 0.2) is 10.1 Å². The molecule has 0 aliphatic heterocycles. The van der Waals surface area contributed by atoms with Crippen LogP contribution >= 0.6 is 0 Å². The monoisotopic (exact) mass is 211 g/mol. The molecule has 0 fully saturated rings. The van der Waals surface area contributed by atoms with Gasteiger partial charge in [0.25, 0.3) is 11.9 Å². The fourth-order valence-corrected chi connectivity index (χ4v) is 0.772. The van der Waals surface area contributed by atoms with E-state index in [0.29, 0.717) is 0 Å². The Morgan fingerprint density at radius 1 is 1.60 bits per heavy atom. The van der Waals surface area contributed by atoms with Crippen molar-refractivity contribution in [2.45, 2.75) is 0 Å². The molecule has 0 radical (unpaired) electrons. The Balaban J connectivity index is 3.08. The lowest BCUT2D eigenvalue weighted by Crippen LogP contribution is -2.42. The average Bonchev–Trinajstić information content (AvgIpc) is 2.69. The van der Waals surface area contributed by atoms with Crippen LogP contribution in [0.1, 0.15) is 0 Å². The first-order chi connectivity index (χ1) is 7.20. The van der Waals surface area contributed by atoms with Gasteiger partial charge in [-0.15, -0.1) is 10.2 Å². The van der Waals surface area contributed by atoms with E-state index in [9.17, 15) is 0 Å². The van der Waals surface area contributed by atoms with Crippen LogP contribution in [0.5, 0.6) is 0 Å². The molecule has 11 nitrogen and oxygen atoms in total. The second-order valence-corrected chi connectivity index (χ2v) is 2.14. The smallest absolute Gasteiger partial charge is 0.279 e. The van der Waals surface area contributed by atoms with E-state index in [4.69, 9.17) is 22.7 Å². The predicted molar refractivity (Wildman–Crippen MR) is 52.9 cm³/mol. The van der Waals surface area contributed by atoms with E-state index < -0.39 is 5.96 Å². The molecule has 0 atom stereocenters. The van der Waals surface area contributed by atoms with E-state index in [-0.39, 0.29) is 11.9 Å². The Kier molecular flexibility index (Phi) is 3.11. The summed E-state index contributed by atoms with van der Waals surface area (Å²) >= 11 is 0. The number of rotatable bonds is 1. The minimum atomic E-state index is -0.425. The zero-order valence-corrected chi connectivity index (χ0v) is 7.49. The zero-order chi connectivity index (χ0) is 11.3. The second-order valence-electron chi connectivity index (χ2n) is 2.14. The van der Waals surface area contributed by atoms with Gasteiger partial charge in [0.05, 0.1) is 6.34 Å². The van der Waals surface area contributed by atoms with E-state index >= 15 is 0 Å². The van der Waals surface area contributed by atoms with Crippen molar-refractivity contribution in [2.24, 2.45) is 27.4 Å². The molecule has 0 amide bonds. The van der Waals surface area contributed by atoms with E-state index in [1.54, 1.807) is 0 Å². The van der Waals surface area contributed by atoms with Crippen LogP contribution in [0.3, 0.4) is 0 Å². The Bertz CT molecular complexity index is 373. The van der Waals surface area contributed by atoms with E-state index in [1.807, 2.05) is 0 Å². The number of nitrogens with one attached hydrogen (secondary N) is 2. The highest BCUT2D eigenvalue weighted by Gasteiger charge is 2.19. The molecule has 0 bridgehead atoms. The lowest BCUT2D eigenvalue weighted by Gasteiger charge is -2.15. The predicted octanol–water partition coefficient (Wildman–Crippen LogP) is -2.88. The molecule has 1 aromatic rings. The molecule has 1 rings (SSSR count). The summed E-state index contributed by atoms with van der Waals surface area (Å²) in [6.07, 6.45) is 0.946. The first-order valence-electron chi connectivity index (χ1n) is 3.60. The number of H-pyrrole nitrogens is 1. The molecule has 1 aromatic heterocycles. The normalized spacial score (nSPS) is 11.9. The maximum absolute atomic E-state index is 7.27. The SMILES string of the molecule is N=C(N)N(C(N=CN)=NN)c1nn[nH]n1. The van der Waals surface area contributed by atoms with Crippen molar-refractivity contribution >= 4 is 24.2 Å². The highest BCUT2D eigenvalue weighted by atomic mass is 15.6. The van der Waals surface area contributed by atoms with Crippen molar-refractivity contribution in [3.8, 4) is 0 Å². The third-order valence-corrected chi connectivity index (χ3v) is 1.28. The summed E-state index contributed by atoms with van der Waals surface area (Å²) in [5, 5.41) is 23.2. The number of hydrogen-bond acceptors (Lipinski definition) is 6. The second kappa shape index (κ2) is 4.50. The van der Waals surface area contributed by atoms with E-state index in [0.717, 1.165) is 11.2 Å². The number of aromatic amines is 1. The van der Waals surface area contributed by atoms with Crippen LogP contribution in [-0.4, -0.2) is 38.9 Å². The number of hydrogen-bond donors (Lipinski definition) is 5. The highest BCUT2D eigenvalue weighted by molar-refractivity contribution is 6.16. The summed E-state index contributed by atoms with van der Waals surface area (Å²) in [7, 11) is 0. The molecule has 8 N–H and O–H groups in total. The van der Waals surface area contributed by atoms with Crippen molar-refractivity contribution in [3.05, 3.63) is 0 Å². The van der Waals surface area contributed by atoms with Crippen LogP contribution < -0.4 is 22.2 Å². The number of nitrogens with zero attached hydrogens (tertiary/aromatic N) is 6. The van der Waals surface area contributed by atoms with Crippen molar-refractivity contribution in [3.63, 3.8) is 0 Å². The molecule has 0 spiro atoms. The van der Waals surface area contributed by atoms with Gasteiger partial charge in [-0.25, -0.2) is 9.89 Å². The molecular weight excluding hydrogens is 202 g/mol. The van der Waals surface area contributed by atoms with Gasteiger partial charge in [0.15, 0.2) is 0 Å². The lowest BCUT2D eigenvalue weighted by atomic mass is 10.7. The van der Waals surface area contributed by atoms with Crippen molar-refractivity contribution < 1.29 is 0 Å². The van der Waals surface area contributed by atoms with Crippen molar-refractivity contribution in [1.82, 2.24) is 20.6 Å². The highest BCUT2D eigenvalue weighted by Crippen LogP contribution is 2.03. The third-order valence-electron chi connectivity index (χ3n) is 1.28. The molecule has 0 aromatic carbocycles. The molecule has 0 saturated carbocycles. The average molecular weight is 211 g/mol. The molecule has 15 heavy (non-hydrogen) atoms. The fourth-order valence-electron chi connectivity index (χ4n) is 0.772.